The lowest BCUT2D eigenvalue weighted by atomic mass is 9.83. The van der Waals surface area contributed by atoms with Crippen molar-refractivity contribution >= 4 is 0 Å². The average Bonchev–Trinajstić information content (AvgIpc) is 2.94. The summed E-state index contributed by atoms with van der Waals surface area (Å²) in [5, 5.41) is 3.78. The van der Waals surface area contributed by atoms with Crippen molar-refractivity contribution in [3.8, 4) is 0 Å². The maximum Gasteiger partial charge on any atom is 0.00673 e. The van der Waals surface area contributed by atoms with E-state index in [1.54, 1.807) is 0 Å². The molecule has 0 bridgehead atoms. The largest absolute Gasteiger partial charge is 0.314 e. The van der Waals surface area contributed by atoms with E-state index in [2.05, 4.69) is 19.2 Å². The normalized spacial score (nSPS) is 40.4. The minimum atomic E-state index is 0.853. The van der Waals surface area contributed by atoms with Crippen LogP contribution in [-0.2, 0) is 0 Å². The number of rotatable bonds is 5. The predicted octanol–water partition coefficient (Wildman–Crippen LogP) is 3.59. The first-order valence-electron chi connectivity index (χ1n) is 7.03. The molecule has 2 aliphatic rings. The van der Waals surface area contributed by atoms with Crippen LogP contribution in [-0.4, -0.2) is 12.6 Å². The van der Waals surface area contributed by atoms with E-state index < -0.39 is 0 Å². The zero-order valence-corrected chi connectivity index (χ0v) is 10.5. The molecule has 0 saturated heterocycles. The molecule has 2 rings (SSSR count). The fourth-order valence-corrected chi connectivity index (χ4v) is 3.07. The maximum absolute atomic E-state index is 3.78. The van der Waals surface area contributed by atoms with Gasteiger partial charge in [-0.15, -0.1) is 0 Å². The Labute approximate surface area is 95.0 Å². The molecule has 0 amide bonds. The molecule has 0 aliphatic heterocycles. The smallest absolute Gasteiger partial charge is 0.00673 e. The maximum atomic E-state index is 3.78. The van der Waals surface area contributed by atoms with E-state index in [0.717, 1.165) is 23.8 Å². The van der Waals surface area contributed by atoms with Gasteiger partial charge in [0.25, 0.3) is 0 Å². The van der Waals surface area contributed by atoms with Gasteiger partial charge in [0, 0.05) is 6.04 Å². The van der Waals surface area contributed by atoms with E-state index in [1.807, 2.05) is 0 Å². The third kappa shape index (κ3) is 3.48. The van der Waals surface area contributed by atoms with Crippen molar-refractivity contribution in [2.24, 2.45) is 17.8 Å². The summed E-state index contributed by atoms with van der Waals surface area (Å²) in [5.41, 5.74) is 0. The monoisotopic (exact) mass is 209 g/mol. The highest BCUT2D eigenvalue weighted by molar-refractivity contribution is 4.86. The Balaban J connectivity index is 1.57. The highest BCUT2D eigenvalue weighted by Crippen LogP contribution is 2.37. The fraction of sp³-hybridized carbons (Fsp3) is 1.00. The fourth-order valence-electron chi connectivity index (χ4n) is 3.07. The standard InChI is InChI=1S/C14H27N/c1-3-4-12-5-7-14(8-6-12)15-10-13-9-11(13)2/h11-15H,3-10H2,1-2H3. The van der Waals surface area contributed by atoms with Crippen LogP contribution in [0, 0.1) is 17.8 Å². The van der Waals surface area contributed by atoms with E-state index in [4.69, 9.17) is 0 Å². The van der Waals surface area contributed by atoms with E-state index in [1.165, 1.54) is 51.5 Å². The molecular formula is C14H27N. The summed E-state index contributed by atoms with van der Waals surface area (Å²) < 4.78 is 0. The lowest BCUT2D eigenvalue weighted by Gasteiger charge is -2.29. The minimum Gasteiger partial charge on any atom is -0.314 e. The van der Waals surface area contributed by atoms with Gasteiger partial charge >= 0.3 is 0 Å². The zero-order valence-electron chi connectivity index (χ0n) is 10.5. The zero-order chi connectivity index (χ0) is 10.7. The summed E-state index contributed by atoms with van der Waals surface area (Å²) >= 11 is 0. The van der Waals surface area contributed by atoms with Gasteiger partial charge in [-0.25, -0.2) is 0 Å². The van der Waals surface area contributed by atoms with Crippen molar-refractivity contribution < 1.29 is 0 Å². The molecule has 2 saturated carbocycles. The van der Waals surface area contributed by atoms with Crippen LogP contribution in [0.5, 0.6) is 0 Å². The molecular weight excluding hydrogens is 182 g/mol. The van der Waals surface area contributed by atoms with Crippen LogP contribution in [0.3, 0.4) is 0 Å². The Kier molecular flexibility index (Phi) is 4.07. The Hall–Kier alpha value is -0.0400. The highest BCUT2D eigenvalue weighted by Gasteiger charge is 2.32. The average molecular weight is 209 g/mol. The van der Waals surface area contributed by atoms with Gasteiger partial charge in [-0.1, -0.05) is 26.7 Å². The summed E-state index contributed by atoms with van der Waals surface area (Å²) in [5.74, 6) is 3.07. The van der Waals surface area contributed by atoms with Gasteiger partial charge in [-0.2, -0.15) is 0 Å². The molecule has 0 heterocycles. The highest BCUT2D eigenvalue weighted by atomic mass is 14.9. The van der Waals surface area contributed by atoms with Gasteiger partial charge in [0.05, 0.1) is 0 Å². The Morgan fingerprint density at radius 2 is 1.80 bits per heavy atom. The Morgan fingerprint density at radius 3 is 2.33 bits per heavy atom. The first-order valence-corrected chi connectivity index (χ1v) is 7.03. The minimum absolute atomic E-state index is 0.853. The molecule has 2 fully saturated rings. The molecule has 1 heteroatoms. The van der Waals surface area contributed by atoms with Gasteiger partial charge in [-0.3, -0.25) is 0 Å². The molecule has 2 atom stereocenters. The summed E-state index contributed by atoms with van der Waals surface area (Å²) in [6.07, 6.45) is 10.1. The van der Waals surface area contributed by atoms with Crippen LogP contribution in [0.2, 0.25) is 0 Å². The first-order chi connectivity index (χ1) is 7.29. The van der Waals surface area contributed by atoms with Gasteiger partial charge in [0.2, 0.25) is 0 Å². The molecule has 88 valence electrons. The molecule has 0 aromatic rings. The third-order valence-corrected chi connectivity index (χ3v) is 4.49. The second-order valence-corrected chi connectivity index (χ2v) is 5.89. The molecule has 0 aromatic carbocycles. The van der Waals surface area contributed by atoms with Crippen LogP contribution >= 0.6 is 0 Å². The van der Waals surface area contributed by atoms with Crippen molar-refractivity contribution in [1.82, 2.24) is 5.32 Å². The molecule has 2 aliphatic carbocycles. The van der Waals surface area contributed by atoms with Crippen molar-refractivity contribution in [3.63, 3.8) is 0 Å². The SMILES string of the molecule is CCCC1CCC(NCC2CC2C)CC1. The number of hydrogen-bond acceptors (Lipinski definition) is 1. The molecule has 2 unspecified atom stereocenters. The Bertz CT molecular complexity index is 182. The van der Waals surface area contributed by atoms with Crippen LogP contribution in [0.1, 0.15) is 58.8 Å². The predicted molar refractivity (Wildman–Crippen MR) is 65.9 cm³/mol. The lowest BCUT2D eigenvalue weighted by molar-refractivity contribution is 0.276. The Morgan fingerprint density at radius 1 is 1.13 bits per heavy atom. The second-order valence-electron chi connectivity index (χ2n) is 5.89. The van der Waals surface area contributed by atoms with E-state index >= 15 is 0 Å². The summed E-state index contributed by atoms with van der Waals surface area (Å²) in [4.78, 5) is 0. The van der Waals surface area contributed by atoms with Crippen LogP contribution in [0.15, 0.2) is 0 Å². The second kappa shape index (κ2) is 5.34. The van der Waals surface area contributed by atoms with Gasteiger partial charge in [0.15, 0.2) is 0 Å². The van der Waals surface area contributed by atoms with Crippen molar-refractivity contribution in [2.75, 3.05) is 6.54 Å². The van der Waals surface area contributed by atoms with Gasteiger partial charge in [0.1, 0.15) is 0 Å². The van der Waals surface area contributed by atoms with E-state index in [0.29, 0.717) is 0 Å². The molecule has 15 heavy (non-hydrogen) atoms. The summed E-state index contributed by atoms with van der Waals surface area (Å²) in [7, 11) is 0. The molecule has 1 N–H and O–H groups in total. The van der Waals surface area contributed by atoms with Gasteiger partial charge < -0.3 is 5.32 Å². The quantitative estimate of drug-likeness (QED) is 0.729. The number of nitrogens with one attached hydrogen (secondary N) is 1. The van der Waals surface area contributed by atoms with Crippen molar-refractivity contribution in [2.45, 2.75) is 64.8 Å². The van der Waals surface area contributed by atoms with Crippen molar-refractivity contribution in [1.29, 1.82) is 0 Å². The van der Waals surface area contributed by atoms with E-state index in [9.17, 15) is 0 Å². The summed E-state index contributed by atoms with van der Waals surface area (Å²) in [6.45, 7) is 5.99. The van der Waals surface area contributed by atoms with Gasteiger partial charge in [-0.05, 0) is 56.4 Å². The summed E-state index contributed by atoms with van der Waals surface area (Å²) in [6, 6.07) is 0.853. The van der Waals surface area contributed by atoms with Crippen LogP contribution in [0.25, 0.3) is 0 Å². The van der Waals surface area contributed by atoms with Crippen molar-refractivity contribution in [3.05, 3.63) is 0 Å². The molecule has 1 nitrogen and oxygen atoms in total. The van der Waals surface area contributed by atoms with Crippen LogP contribution < -0.4 is 5.32 Å². The van der Waals surface area contributed by atoms with Crippen LogP contribution in [0.4, 0.5) is 0 Å². The molecule has 0 spiro atoms. The van der Waals surface area contributed by atoms with E-state index in [-0.39, 0.29) is 0 Å². The lowest BCUT2D eigenvalue weighted by Crippen LogP contribution is -2.34. The topological polar surface area (TPSA) is 12.0 Å². The molecule has 0 radical (unpaired) electrons. The third-order valence-electron chi connectivity index (χ3n) is 4.49. The first kappa shape index (κ1) is 11.4. The number of hydrogen-bond donors (Lipinski definition) is 1. The molecule has 0 aromatic heterocycles.